The molecule has 1 amide bonds. The Morgan fingerprint density at radius 2 is 2.17 bits per heavy atom. The zero-order valence-electron chi connectivity index (χ0n) is 12.8. The van der Waals surface area contributed by atoms with Crippen molar-refractivity contribution in [3.8, 4) is 0 Å². The van der Waals surface area contributed by atoms with Gasteiger partial charge in [0, 0.05) is 35.2 Å². The highest BCUT2D eigenvalue weighted by atomic mass is 35.5. The fraction of sp³-hybridized carbons (Fsp3) is 0.294. The SMILES string of the molecule is CCOCCCNC(=O)c1cc2c(Cl)nc3ccccc3c2s1. The van der Waals surface area contributed by atoms with Crippen molar-refractivity contribution in [3.05, 3.63) is 40.4 Å². The number of nitrogens with zero attached hydrogens (tertiary/aromatic N) is 1. The lowest BCUT2D eigenvalue weighted by atomic mass is 10.2. The van der Waals surface area contributed by atoms with Crippen LogP contribution in [0, 0.1) is 0 Å². The lowest BCUT2D eigenvalue weighted by Crippen LogP contribution is -2.24. The van der Waals surface area contributed by atoms with Crippen LogP contribution in [0.4, 0.5) is 0 Å². The fourth-order valence-corrected chi connectivity index (χ4v) is 3.80. The first-order valence-corrected chi connectivity index (χ1v) is 8.74. The molecule has 1 N–H and O–H groups in total. The van der Waals surface area contributed by atoms with Crippen LogP contribution in [0.25, 0.3) is 21.0 Å². The smallest absolute Gasteiger partial charge is 0.261 e. The van der Waals surface area contributed by atoms with E-state index in [0.29, 0.717) is 29.8 Å². The Morgan fingerprint density at radius 1 is 1.35 bits per heavy atom. The van der Waals surface area contributed by atoms with Gasteiger partial charge in [-0.1, -0.05) is 29.8 Å². The minimum absolute atomic E-state index is 0.0807. The molecular weight excluding hydrogens is 332 g/mol. The van der Waals surface area contributed by atoms with Gasteiger partial charge in [0.25, 0.3) is 5.91 Å². The third kappa shape index (κ3) is 3.47. The number of ether oxygens (including phenoxy) is 1. The number of fused-ring (bicyclic) bond motifs is 3. The summed E-state index contributed by atoms with van der Waals surface area (Å²) in [4.78, 5) is 17.3. The largest absolute Gasteiger partial charge is 0.382 e. The number of amides is 1. The van der Waals surface area contributed by atoms with E-state index in [4.69, 9.17) is 16.3 Å². The van der Waals surface area contributed by atoms with Gasteiger partial charge in [-0.05, 0) is 25.5 Å². The van der Waals surface area contributed by atoms with Gasteiger partial charge in [0.05, 0.1) is 10.4 Å². The molecule has 0 saturated heterocycles. The Bertz CT molecular complexity index is 847. The molecule has 23 heavy (non-hydrogen) atoms. The van der Waals surface area contributed by atoms with Gasteiger partial charge in [0.2, 0.25) is 0 Å². The Kier molecular flexibility index (Phi) is 5.10. The summed E-state index contributed by atoms with van der Waals surface area (Å²) in [6.07, 6.45) is 0.801. The molecule has 0 aliphatic heterocycles. The van der Waals surface area contributed by atoms with Crippen LogP contribution in [-0.2, 0) is 4.74 Å². The molecule has 0 aliphatic carbocycles. The Hall–Kier alpha value is -1.69. The third-order valence-corrected chi connectivity index (χ3v) is 4.96. The second-order valence-electron chi connectivity index (χ2n) is 5.08. The van der Waals surface area contributed by atoms with Gasteiger partial charge in [-0.15, -0.1) is 11.3 Å². The summed E-state index contributed by atoms with van der Waals surface area (Å²) in [5.74, 6) is -0.0807. The van der Waals surface area contributed by atoms with E-state index in [1.54, 1.807) is 0 Å². The van der Waals surface area contributed by atoms with Gasteiger partial charge < -0.3 is 10.1 Å². The average Bonchev–Trinajstić information content (AvgIpc) is 3.01. The van der Waals surface area contributed by atoms with Crippen molar-refractivity contribution in [3.63, 3.8) is 0 Å². The maximum absolute atomic E-state index is 12.3. The standard InChI is InChI=1S/C17H17ClN2O2S/c1-2-22-9-5-8-19-17(21)14-10-12-15(23-14)11-6-3-4-7-13(11)20-16(12)18/h3-4,6-7,10H,2,5,8-9H2,1H3,(H,19,21). The van der Waals surface area contributed by atoms with Crippen LogP contribution in [0.1, 0.15) is 23.0 Å². The highest BCUT2D eigenvalue weighted by Gasteiger charge is 2.15. The van der Waals surface area contributed by atoms with Gasteiger partial charge in [-0.25, -0.2) is 4.98 Å². The monoisotopic (exact) mass is 348 g/mol. The summed E-state index contributed by atoms with van der Waals surface area (Å²) >= 11 is 7.71. The quantitative estimate of drug-likeness (QED) is 0.535. The number of para-hydroxylation sites is 1. The van der Waals surface area contributed by atoms with Gasteiger partial charge in [-0.3, -0.25) is 4.79 Å². The van der Waals surface area contributed by atoms with Gasteiger partial charge in [0.1, 0.15) is 5.15 Å². The molecule has 0 aliphatic rings. The van der Waals surface area contributed by atoms with E-state index in [1.807, 2.05) is 37.3 Å². The van der Waals surface area contributed by atoms with E-state index in [9.17, 15) is 4.79 Å². The number of nitrogens with one attached hydrogen (secondary N) is 1. The van der Waals surface area contributed by atoms with Crippen molar-refractivity contribution in [2.45, 2.75) is 13.3 Å². The number of benzene rings is 1. The summed E-state index contributed by atoms with van der Waals surface area (Å²) in [7, 11) is 0. The van der Waals surface area contributed by atoms with E-state index in [0.717, 1.165) is 27.4 Å². The van der Waals surface area contributed by atoms with Crippen LogP contribution in [-0.4, -0.2) is 30.6 Å². The zero-order chi connectivity index (χ0) is 16.2. The average molecular weight is 349 g/mol. The molecule has 2 aromatic heterocycles. The minimum atomic E-state index is -0.0807. The number of pyridine rings is 1. The first-order chi connectivity index (χ1) is 11.2. The molecule has 3 aromatic rings. The van der Waals surface area contributed by atoms with Crippen LogP contribution in [0.5, 0.6) is 0 Å². The molecule has 6 heteroatoms. The van der Waals surface area contributed by atoms with Gasteiger partial charge in [-0.2, -0.15) is 0 Å². The second kappa shape index (κ2) is 7.25. The van der Waals surface area contributed by atoms with Crippen LogP contribution >= 0.6 is 22.9 Å². The summed E-state index contributed by atoms with van der Waals surface area (Å²) in [6, 6.07) is 9.64. The molecule has 0 fully saturated rings. The molecule has 0 atom stereocenters. The number of rotatable bonds is 6. The van der Waals surface area contributed by atoms with Crippen molar-refractivity contribution < 1.29 is 9.53 Å². The first-order valence-electron chi connectivity index (χ1n) is 7.54. The van der Waals surface area contributed by atoms with Gasteiger partial charge >= 0.3 is 0 Å². The predicted molar refractivity (Wildman–Crippen MR) is 95.6 cm³/mol. The normalized spacial score (nSPS) is 11.2. The second-order valence-corrected chi connectivity index (χ2v) is 6.49. The lowest BCUT2D eigenvalue weighted by molar-refractivity contribution is 0.0948. The Morgan fingerprint density at radius 3 is 3.00 bits per heavy atom. The first kappa shape index (κ1) is 16.2. The van der Waals surface area contributed by atoms with Gasteiger partial charge in [0.15, 0.2) is 0 Å². The molecule has 0 spiro atoms. The van der Waals surface area contributed by atoms with E-state index in [1.165, 1.54) is 11.3 Å². The highest BCUT2D eigenvalue weighted by molar-refractivity contribution is 7.21. The van der Waals surface area contributed by atoms with E-state index < -0.39 is 0 Å². The Balaban J connectivity index is 1.84. The summed E-state index contributed by atoms with van der Waals surface area (Å²) in [6.45, 7) is 3.91. The third-order valence-electron chi connectivity index (χ3n) is 3.50. The number of carbonyl (C=O) groups excluding carboxylic acids is 1. The van der Waals surface area contributed by atoms with Crippen molar-refractivity contribution in [1.82, 2.24) is 10.3 Å². The number of thiophene rings is 1. The maximum atomic E-state index is 12.3. The van der Waals surface area contributed by atoms with E-state index in [2.05, 4.69) is 10.3 Å². The number of hydrogen-bond acceptors (Lipinski definition) is 4. The molecule has 0 unspecified atom stereocenters. The number of hydrogen-bond donors (Lipinski definition) is 1. The molecule has 1 aromatic carbocycles. The van der Waals surface area contributed by atoms with Crippen LogP contribution < -0.4 is 5.32 Å². The lowest BCUT2D eigenvalue weighted by Gasteiger charge is -2.03. The highest BCUT2D eigenvalue weighted by Crippen LogP contribution is 2.35. The number of carbonyl (C=O) groups is 1. The van der Waals surface area contributed by atoms with Crippen molar-refractivity contribution in [2.24, 2.45) is 0 Å². The predicted octanol–water partition coefficient (Wildman–Crippen LogP) is 4.26. The summed E-state index contributed by atoms with van der Waals surface area (Å²) in [5.41, 5.74) is 0.843. The molecule has 3 rings (SSSR count). The zero-order valence-corrected chi connectivity index (χ0v) is 14.3. The molecule has 0 saturated carbocycles. The van der Waals surface area contributed by atoms with Crippen molar-refractivity contribution >= 4 is 49.8 Å². The van der Waals surface area contributed by atoms with Crippen molar-refractivity contribution in [2.75, 3.05) is 19.8 Å². The molecular formula is C17H17ClN2O2S. The van der Waals surface area contributed by atoms with Crippen LogP contribution in [0.3, 0.4) is 0 Å². The number of aromatic nitrogens is 1. The molecule has 0 radical (unpaired) electrons. The summed E-state index contributed by atoms with van der Waals surface area (Å²) in [5, 5.41) is 5.20. The van der Waals surface area contributed by atoms with E-state index >= 15 is 0 Å². The van der Waals surface area contributed by atoms with Crippen molar-refractivity contribution in [1.29, 1.82) is 0 Å². The van der Waals surface area contributed by atoms with E-state index in [-0.39, 0.29) is 5.91 Å². The molecule has 0 bridgehead atoms. The summed E-state index contributed by atoms with van der Waals surface area (Å²) < 4.78 is 6.26. The topological polar surface area (TPSA) is 51.2 Å². The molecule has 2 heterocycles. The Labute approximate surface area is 143 Å². The molecule has 120 valence electrons. The number of halogens is 1. The maximum Gasteiger partial charge on any atom is 0.261 e. The van der Waals surface area contributed by atoms with Crippen LogP contribution in [0.2, 0.25) is 5.15 Å². The minimum Gasteiger partial charge on any atom is -0.382 e. The fourth-order valence-electron chi connectivity index (χ4n) is 2.39. The van der Waals surface area contributed by atoms with Crippen LogP contribution in [0.15, 0.2) is 30.3 Å². The molecule has 4 nitrogen and oxygen atoms in total.